The summed E-state index contributed by atoms with van der Waals surface area (Å²) >= 11 is 0. The number of aryl methyl sites for hydroxylation is 2. The summed E-state index contributed by atoms with van der Waals surface area (Å²) in [6.07, 6.45) is 2.96. The van der Waals surface area contributed by atoms with Crippen molar-refractivity contribution >= 4 is 0 Å². The highest BCUT2D eigenvalue weighted by Crippen LogP contribution is 2.27. The van der Waals surface area contributed by atoms with Crippen LogP contribution in [0.5, 0.6) is 0 Å². The van der Waals surface area contributed by atoms with Crippen molar-refractivity contribution in [3.05, 3.63) is 78.0 Å². The molecule has 0 spiro atoms. The van der Waals surface area contributed by atoms with Crippen molar-refractivity contribution in [1.29, 1.82) is 0 Å². The minimum absolute atomic E-state index is 1.03. The fraction of sp³-hybridized carbons (Fsp3) is 0.150. The molecule has 0 aliphatic carbocycles. The third-order valence-electron chi connectivity index (χ3n) is 3.85. The maximum atomic E-state index is 4.54. The summed E-state index contributed by atoms with van der Waals surface area (Å²) in [5.74, 6) is 0. The lowest BCUT2D eigenvalue weighted by molar-refractivity contribution is 1.14. The van der Waals surface area contributed by atoms with Crippen LogP contribution in [-0.4, -0.2) is 4.98 Å². The molecule has 3 aromatic rings. The van der Waals surface area contributed by atoms with Crippen LogP contribution in [0, 0.1) is 6.92 Å². The van der Waals surface area contributed by atoms with Gasteiger partial charge in [-0.2, -0.15) is 0 Å². The van der Waals surface area contributed by atoms with Crippen LogP contribution >= 0.6 is 0 Å². The molecule has 104 valence electrons. The minimum atomic E-state index is 1.03. The van der Waals surface area contributed by atoms with Gasteiger partial charge in [-0.1, -0.05) is 55.5 Å². The van der Waals surface area contributed by atoms with Gasteiger partial charge < -0.3 is 0 Å². The SMILES string of the molecule is CCc1cccc(-c2ccnc(-c3ccccc3C)c2)c1. The van der Waals surface area contributed by atoms with Gasteiger partial charge in [0, 0.05) is 11.8 Å². The summed E-state index contributed by atoms with van der Waals surface area (Å²) in [7, 11) is 0. The topological polar surface area (TPSA) is 12.9 Å². The molecule has 1 nitrogen and oxygen atoms in total. The molecule has 1 heterocycles. The lowest BCUT2D eigenvalue weighted by Gasteiger charge is -2.08. The molecule has 0 saturated heterocycles. The highest BCUT2D eigenvalue weighted by molar-refractivity contribution is 5.72. The van der Waals surface area contributed by atoms with E-state index in [4.69, 9.17) is 0 Å². The fourth-order valence-electron chi connectivity index (χ4n) is 2.59. The summed E-state index contributed by atoms with van der Waals surface area (Å²) in [6, 6.07) is 21.4. The Hall–Kier alpha value is -2.41. The first kappa shape index (κ1) is 13.6. The average Bonchev–Trinajstić information content (AvgIpc) is 2.55. The van der Waals surface area contributed by atoms with E-state index in [2.05, 4.69) is 79.5 Å². The normalized spacial score (nSPS) is 10.6. The zero-order valence-electron chi connectivity index (χ0n) is 12.5. The third-order valence-corrected chi connectivity index (χ3v) is 3.85. The van der Waals surface area contributed by atoms with Gasteiger partial charge in [-0.25, -0.2) is 0 Å². The predicted octanol–water partition coefficient (Wildman–Crippen LogP) is 5.29. The Kier molecular flexibility index (Phi) is 3.83. The molecule has 0 aliphatic heterocycles. The van der Waals surface area contributed by atoms with Gasteiger partial charge in [0.15, 0.2) is 0 Å². The van der Waals surface area contributed by atoms with Crippen molar-refractivity contribution in [3.63, 3.8) is 0 Å². The van der Waals surface area contributed by atoms with Crippen LogP contribution in [-0.2, 0) is 6.42 Å². The molecule has 1 aromatic heterocycles. The molecule has 2 aromatic carbocycles. The van der Waals surface area contributed by atoms with Gasteiger partial charge in [-0.15, -0.1) is 0 Å². The molecule has 0 atom stereocenters. The summed E-state index contributed by atoms with van der Waals surface area (Å²) in [6.45, 7) is 4.31. The van der Waals surface area contributed by atoms with E-state index in [0.717, 1.165) is 12.1 Å². The van der Waals surface area contributed by atoms with Crippen LogP contribution in [0.2, 0.25) is 0 Å². The average molecular weight is 273 g/mol. The number of hydrogen-bond acceptors (Lipinski definition) is 1. The number of pyridine rings is 1. The van der Waals surface area contributed by atoms with Crippen LogP contribution in [0.15, 0.2) is 66.9 Å². The Labute approximate surface area is 126 Å². The van der Waals surface area contributed by atoms with Crippen molar-refractivity contribution in [2.75, 3.05) is 0 Å². The smallest absolute Gasteiger partial charge is 0.0710 e. The largest absolute Gasteiger partial charge is 0.256 e. The first-order chi connectivity index (χ1) is 10.3. The second kappa shape index (κ2) is 5.92. The highest BCUT2D eigenvalue weighted by atomic mass is 14.7. The second-order valence-corrected chi connectivity index (χ2v) is 5.30. The summed E-state index contributed by atoms with van der Waals surface area (Å²) in [5, 5.41) is 0. The van der Waals surface area contributed by atoms with Crippen LogP contribution in [0.1, 0.15) is 18.1 Å². The minimum Gasteiger partial charge on any atom is -0.256 e. The number of nitrogens with zero attached hydrogens (tertiary/aromatic N) is 1. The van der Waals surface area contributed by atoms with Crippen molar-refractivity contribution in [2.45, 2.75) is 20.3 Å². The molecule has 0 fully saturated rings. The van der Waals surface area contributed by atoms with Crippen molar-refractivity contribution in [1.82, 2.24) is 4.98 Å². The van der Waals surface area contributed by atoms with E-state index in [1.807, 2.05) is 6.20 Å². The van der Waals surface area contributed by atoms with Gasteiger partial charge in [0.2, 0.25) is 0 Å². The lowest BCUT2D eigenvalue weighted by atomic mass is 9.99. The zero-order chi connectivity index (χ0) is 14.7. The Balaban J connectivity index is 2.06. The van der Waals surface area contributed by atoms with Gasteiger partial charge >= 0.3 is 0 Å². The van der Waals surface area contributed by atoms with E-state index in [9.17, 15) is 0 Å². The van der Waals surface area contributed by atoms with Crippen LogP contribution in [0.3, 0.4) is 0 Å². The number of hydrogen-bond donors (Lipinski definition) is 0. The van der Waals surface area contributed by atoms with Crippen molar-refractivity contribution in [2.24, 2.45) is 0 Å². The molecule has 21 heavy (non-hydrogen) atoms. The van der Waals surface area contributed by atoms with E-state index in [0.29, 0.717) is 0 Å². The Morgan fingerprint density at radius 3 is 2.48 bits per heavy atom. The fourth-order valence-corrected chi connectivity index (χ4v) is 2.59. The first-order valence-corrected chi connectivity index (χ1v) is 7.39. The molecule has 0 unspecified atom stereocenters. The standard InChI is InChI=1S/C20H19N/c1-3-16-8-6-9-17(13-16)18-11-12-21-20(14-18)19-10-5-4-7-15(19)2/h4-14H,3H2,1-2H3. The van der Waals surface area contributed by atoms with Gasteiger partial charge in [0.25, 0.3) is 0 Å². The molecule has 3 rings (SSSR count). The van der Waals surface area contributed by atoms with E-state index in [-0.39, 0.29) is 0 Å². The zero-order valence-corrected chi connectivity index (χ0v) is 12.5. The van der Waals surface area contributed by atoms with Gasteiger partial charge in [-0.3, -0.25) is 4.98 Å². The molecule has 0 radical (unpaired) electrons. The summed E-state index contributed by atoms with van der Waals surface area (Å²) in [5.41, 5.74) is 7.33. The van der Waals surface area contributed by atoms with Gasteiger partial charge in [0.05, 0.1) is 5.69 Å². The molecule has 1 heteroatoms. The third kappa shape index (κ3) is 2.87. The maximum absolute atomic E-state index is 4.54. The monoisotopic (exact) mass is 273 g/mol. The summed E-state index contributed by atoms with van der Waals surface area (Å²) in [4.78, 5) is 4.54. The van der Waals surface area contributed by atoms with E-state index < -0.39 is 0 Å². The quantitative estimate of drug-likeness (QED) is 0.632. The second-order valence-electron chi connectivity index (χ2n) is 5.30. The van der Waals surface area contributed by atoms with Crippen LogP contribution in [0.4, 0.5) is 0 Å². The van der Waals surface area contributed by atoms with Crippen molar-refractivity contribution < 1.29 is 0 Å². The van der Waals surface area contributed by atoms with Gasteiger partial charge in [0.1, 0.15) is 0 Å². The van der Waals surface area contributed by atoms with Crippen LogP contribution in [0.25, 0.3) is 22.4 Å². The maximum Gasteiger partial charge on any atom is 0.0710 e. The van der Waals surface area contributed by atoms with Gasteiger partial charge in [-0.05, 0) is 47.7 Å². The number of benzene rings is 2. The van der Waals surface area contributed by atoms with Crippen LogP contribution < -0.4 is 0 Å². The molecular formula is C20H19N. The Morgan fingerprint density at radius 1 is 0.857 bits per heavy atom. The summed E-state index contributed by atoms with van der Waals surface area (Å²) < 4.78 is 0. The molecule has 0 aliphatic rings. The molecule has 0 amide bonds. The molecule has 0 saturated carbocycles. The molecular weight excluding hydrogens is 254 g/mol. The number of aromatic nitrogens is 1. The first-order valence-electron chi connectivity index (χ1n) is 7.39. The predicted molar refractivity (Wildman–Crippen MR) is 89.2 cm³/mol. The van der Waals surface area contributed by atoms with E-state index in [1.165, 1.54) is 27.8 Å². The lowest BCUT2D eigenvalue weighted by Crippen LogP contribution is -1.88. The Morgan fingerprint density at radius 2 is 1.67 bits per heavy atom. The Bertz CT molecular complexity index is 759. The van der Waals surface area contributed by atoms with E-state index >= 15 is 0 Å². The van der Waals surface area contributed by atoms with Crippen molar-refractivity contribution in [3.8, 4) is 22.4 Å². The van der Waals surface area contributed by atoms with E-state index in [1.54, 1.807) is 0 Å². The molecule has 0 bridgehead atoms. The number of rotatable bonds is 3. The molecule has 0 N–H and O–H groups in total. The highest BCUT2D eigenvalue weighted by Gasteiger charge is 2.05.